The van der Waals surface area contributed by atoms with Crippen LogP contribution in [-0.4, -0.2) is 13.0 Å². The van der Waals surface area contributed by atoms with Gasteiger partial charge in [0.15, 0.2) is 0 Å². The van der Waals surface area contributed by atoms with Gasteiger partial charge in [-0.2, -0.15) is 0 Å². The van der Waals surface area contributed by atoms with E-state index >= 15 is 0 Å². The molecule has 0 fully saturated rings. The lowest BCUT2D eigenvalue weighted by molar-refractivity contribution is -0.107. The molecule has 1 amide bonds. The zero-order chi connectivity index (χ0) is 11.3. The smallest absolute Gasteiger partial charge is 0.214 e. The summed E-state index contributed by atoms with van der Waals surface area (Å²) in [6.07, 6.45) is 3.01. The number of rotatable bonds is 5. The van der Waals surface area contributed by atoms with E-state index < -0.39 is 0 Å². The number of anilines is 1. The normalized spacial score (nSPS) is 10.1. The highest BCUT2D eigenvalue weighted by molar-refractivity contribution is 9.10. The lowest BCUT2D eigenvalue weighted by Gasteiger charge is -2.18. The minimum Gasteiger partial charge on any atom is -0.314 e. The van der Waals surface area contributed by atoms with Gasteiger partial charge < -0.3 is 4.90 Å². The molecule has 0 saturated carbocycles. The molecule has 1 aromatic carbocycles. The van der Waals surface area contributed by atoms with Crippen molar-refractivity contribution >= 4 is 28.0 Å². The average molecular weight is 270 g/mol. The standard InChI is InChI=1S/C12H16BrNO/c1-3-4-7-14(9-15)12-6-5-10(2)8-11(12)13/h5-6,8-9H,3-4,7H2,1-2H3. The number of carbonyl (C=O) groups excluding carboxylic acids is 1. The van der Waals surface area contributed by atoms with Gasteiger partial charge >= 0.3 is 0 Å². The van der Waals surface area contributed by atoms with Crippen LogP contribution in [0.1, 0.15) is 25.3 Å². The number of aryl methyl sites for hydroxylation is 1. The Hall–Kier alpha value is -0.830. The summed E-state index contributed by atoms with van der Waals surface area (Å²) >= 11 is 3.48. The maximum atomic E-state index is 11.0. The van der Waals surface area contributed by atoms with E-state index in [1.54, 1.807) is 4.90 Å². The summed E-state index contributed by atoms with van der Waals surface area (Å²) in [5.41, 5.74) is 2.14. The highest BCUT2D eigenvalue weighted by Crippen LogP contribution is 2.26. The zero-order valence-electron chi connectivity index (χ0n) is 9.16. The molecule has 0 aromatic heterocycles. The van der Waals surface area contributed by atoms with Crippen molar-refractivity contribution in [3.8, 4) is 0 Å². The van der Waals surface area contributed by atoms with Gasteiger partial charge in [-0.15, -0.1) is 0 Å². The molecule has 0 saturated heterocycles. The summed E-state index contributed by atoms with van der Waals surface area (Å²) in [6.45, 7) is 4.93. The van der Waals surface area contributed by atoms with E-state index in [4.69, 9.17) is 0 Å². The Morgan fingerprint density at radius 3 is 2.73 bits per heavy atom. The Morgan fingerprint density at radius 2 is 2.20 bits per heavy atom. The monoisotopic (exact) mass is 269 g/mol. The second-order valence-corrected chi connectivity index (χ2v) is 4.46. The summed E-state index contributed by atoms with van der Waals surface area (Å²) in [5, 5.41) is 0. The van der Waals surface area contributed by atoms with E-state index in [1.165, 1.54) is 5.56 Å². The fourth-order valence-corrected chi connectivity index (χ4v) is 2.12. The largest absolute Gasteiger partial charge is 0.314 e. The van der Waals surface area contributed by atoms with Crippen molar-refractivity contribution in [2.45, 2.75) is 26.7 Å². The van der Waals surface area contributed by atoms with Crippen LogP contribution in [0.2, 0.25) is 0 Å². The molecule has 0 radical (unpaired) electrons. The highest BCUT2D eigenvalue weighted by Gasteiger charge is 2.08. The number of hydrogen-bond donors (Lipinski definition) is 0. The summed E-state index contributed by atoms with van der Waals surface area (Å²) in [6, 6.07) is 6.02. The minimum absolute atomic E-state index is 0.779. The summed E-state index contributed by atoms with van der Waals surface area (Å²) in [7, 11) is 0. The number of unbranched alkanes of at least 4 members (excludes halogenated alkanes) is 1. The van der Waals surface area contributed by atoms with Gasteiger partial charge in [0.2, 0.25) is 6.41 Å². The Kier molecular flexibility index (Phi) is 4.82. The Balaban J connectivity index is 2.86. The number of hydrogen-bond acceptors (Lipinski definition) is 1. The molecule has 0 N–H and O–H groups in total. The molecule has 0 aliphatic heterocycles. The molecule has 0 unspecified atom stereocenters. The minimum atomic E-state index is 0.779. The first-order valence-corrected chi connectivity index (χ1v) is 5.96. The fraction of sp³-hybridized carbons (Fsp3) is 0.417. The molecule has 0 heterocycles. The van der Waals surface area contributed by atoms with Gasteiger partial charge in [0, 0.05) is 11.0 Å². The second-order valence-electron chi connectivity index (χ2n) is 3.61. The first-order valence-electron chi connectivity index (χ1n) is 5.17. The van der Waals surface area contributed by atoms with Crippen LogP contribution in [0.4, 0.5) is 5.69 Å². The van der Waals surface area contributed by atoms with E-state index in [1.807, 2.05) is 25.1 Å². The molecule has 0 aliphatic rings. The van der Waals surface area contributed by atoms with E-state index in [-0.39, 0.29) is 0 Å². The van der Waals surface area contributed by atoms with E-state index in [0.717, 1.165) is 36.0 Å². The predicted molar refractivity (Wildman–Crippen MR) is 67.2 cm³/mol. The topological polar surface area (TPSA) is 20.3 Å². The lowest BCUT2D eigenvalue weighted by Crippen LogP contribution is -2.22. The van der Waals surface area contributed by atoms with Gasteiger partial charge in [0.05, 0.1) is 5.69 Å². The molecule has 3 heteroatoms. The first-order chi connectivity index (χ1) is 7.19. The molecule has 15 heavy (non-hydrogen) atoms. The van der Waals surface area contributed by atoms with Crippen molar-refractivity contribution in [1.29, 1.82) is 0 Å². The maximum Gasteiger partial charge on any atom is 0.214 e. The molecule has 82 valence electrons. The molecule has 0 atom stereocenters. The lowest BCUT2D eigenvalue weighted by atomic mass is 10.2. The maximum absolute atomic E-state index is 11.0. The number of carbonyl (C=O) groups is 1. The highest BCUT2D eigenvalue weighted by atomic mass is 79.9. The fourth-order valence-electron chi connectivity index (χ4n) is 1.40. The van der Waals surface area contributed by atoms with Crippen molar-refractivity contribution in [2.75, 3.05) is 11.4 Å². The van der Waals surface area contributed by atoms with Crippen LogP contribution in [0, 0.1) is 6.92 Å². The Morgan fingerprint density at radius 1 is 1.47 bits per heavy atom. The second kappa shape index (κ2) is 5.91. The van der Waals surface area contributed by atoms with Crippen LogP contribution < -0.4 is 4.90 Å². The van der Waals surface area contributed by atoms with E-state index in [0.29, 0.717) is 0 Å². The Labute approximate surface area is 99.4 Å². The Bertz CT molecular complexity index is 338. The van der Waals surface area contributed by atoms with Gasteiger partial charge in [-0.25, -0.2) is 0 Å². The van der Waals surface area contributed by atoms with Gasteiger partial charge in [-0.3, -0.25) is 4.79 Å². The van der Waals surface area contributed by atoms with Gasteiger partial charge in [-0.1, -0.05) is 19.4 Å². The molecule has 0 aliphatic carbocycles. The third kappa shape index (κ3) is 3.34. The zero-order valence-corrected chi connectivity index (χ0v) is 10.8. The summed E-state index contributed by atoms with van der Waals surface area (Å²) in [5.74, 6) is 0. The van der Waals surface area contributed by atoms with Crippen molar-refractivity contribution in [2.24, 2.45) is 0 Å². The molecule has 1 aromatic rings. The van der Waals surface area contributed by atoms with Gasteiger partial charge in [-0.05, 0) is 47.0 Å². The average Bonchev–Trinajstić information content (AvgIpc) is 2.21. The van der Waals surface area contributed by atoms with Crippen LogP contribution >= 0.6 is 15.9 Å². The number of halogens is 1. The molecule has 1 rings (SSSR count). The van der Waals surface area contributed by atoms with E-state index in [2.05, 4.69) is 22.9 Å². The first kappa shape index (κ1) is 12.2. The van der Waals surface area contributed by atoms with Gasteiger partial charge in [0.25, 0.3) is 0 Å². The third-order valence-electron chi connectivity index (χ3n) is 2.29. The summed E-state index contributed by atoms with van der Waals surface area (Å²) in [4.78, 5) is 12.7. The van der Waals surface area contributed by atoms with Crippen LogP contribution in [0.5, 0.6) is 0 Å². The molecular formula is C12H16BrNO. The van der Waals surface area contributed by atoms with Gasteiger partial charge in [0.1, 0.15) is 0 Å². The summed E-state index contributed by atoms with van der Waals surface area (Å²) < 4.78 is 0.978. The van der Waals surface area contributed by atoms with Crippen LogP contribution in [0.15, 0.2) is 22.7 Å². The quantitative estimate of drug-likeness (QED) is 0.749. The third-order valence-corrected chi connectivity index (χ3v) is 2.93. The molecule has 0 bridgehead atoms. The van der Waals surface area contributed by atoms with Crippen molar-refractivity contribution in [3.05, 3.63) is 28.2 Å². The number of amides is 1. The predicted octanol–water partition coefficient (Wildman–Crippen LogP) is 3.52. The molecular weight excluding hydrogens is 254 g/mol. The molecule has 0 spiro atoms. The number of nitrogens with zero attached hydrogens (tertiary/aromatic N) is 1. The van der Waals surface area contributed by atoms with Crippen molar-refractivity contribution in [3.63, 3.8) is 0 Å². The molecule has 2 nitrogen and oxygen atoms in total. The van der Waals surface area contributed by atoms with Crippen molar-refractivity contribution < 1.29 is 4.79 Å². The van der Waals surface area contributed by atoms with E-state index in [9.17, 15) is 4.79 Å². The van der Waals surface area contributed by atoms with Crippen molar-refractivity contribution in [1.82, 2.24) is 0 Å². The SMILES string of the molecule is CCCCN(C=O)c1ccc(C)cc1Br. The van der Waals surface area contributed by atoms with Crippen LogP contribution in [-0.2, 0) is 4.79 Å². The van der Waals surface area contributed by atoms with Crippen LogP contribution in [0.25, 0.3) is 0 Å². The van der Waals surface area contributed by atoms with Crippen LogP contribution in [0.3, 0.4) is 0 Å². The number of benzene rings is 1.